The Labute approximate surface area is 104 Å². The second-order valence-electron chi connectivity index (χ2n) is 4.04. The molecule has 5 heteroatoms. The van der Waals surface area contributed by atoms with Crippen LogP contribution in [-0.2, 0) is 0 Å². The number of hydrogen-bond acceptors (Lipinski definition) is 4. The van der Waals surface area contributed by atoms with Crippen LogP contribution in [0.25, 0.3) is 11.4 Å². The molecule has 0 bridgehead atoms. The third-order valence-corrected chi connectivity index (χ3v) is 2.72. The lowest BCUT2D eigenvalue weighted by Crippen LogP contribution is -2.07. The highest BCUT2D eigenvalue weighted by atomic mass is 35.5. The average Bonchev–Trinajstić information content (AvgIpc) is 3.13. The maximum atomic E-state index is 5.90. The fraction of sp³-hybridized carbons (Fsp3) is 0.250. The lowest BCUT2D eigenvalue weighted by Gasteiger charge is -2.05. The molecule has 1 aliphatic rings. The Kier molecular flexibility index (Phi) is 2.65. The maximum absolute atomic E-state index is 5.90. The molecule has 2 aromatic rings. The average molecular weight is 247 g/mol. The molecule has 1 fully saturated rings. The third kappa shape index (κ3) is 2.53. The van der Waals surface area contributed by atoms with Gasteiger partial charge >= 0.3 is 0 Å². The van der Waals surface area contributed by atoms with Gasteiger partial charge in [-0.2, -0.15) is 15.0 Å². The minimum Gasteiger partial charge on any atom is -0.351 e. The van der Waals surface area contributed by atoms with Crippen LogP contribution < -0.4 is 5.32 Å². The van der Waals surface area contributed by atoms with Gasteiger partial charge in [-0.25, -0.2) is 0 Å². The highest BCUT2D eigenvalue weighted by molar-refractivity contribution is 6.28. The van der Waals surface area contributed by atoms with Crippen molar-refractivity contribution in [1.29, 1.82) is 0 Å². The lowest BCUT2D eigenvalue weighted by atomic mass is 10.2. The van der Waals surface area contributed by atoms with Crippen molar-refractivity contribution in [3.63, 3.8) is 0 Å². The molecule has 1 N–H and O–H groups in total. The molecule has 0 aliphatic heterocycles. The normalized spacial score (nSPS) is 14.6. The first kappa shape index (κ1) is 10.5. The van der Waals surface area contributed by atoms with E-state index in [2.05, 4.69) is 20.3 Å². The van der Waals surface area contributed by atoms with Gasteiger partial charge < -0.3 is 5.32 Å². The summed E-state index contributed by atoms with van der Waals surface area (Å²) in [5, 5.41) is 3.44. The van der Waals surface area contributed by atoms with Gasteiger partial charge in [-0.15, -0.1) is 0 Å². The van der Waals surface area contributed by atoms with Crippen LogP contribution in [0.15, 0.2) is 30.3 Å². The van der Waals surface area contributed by atoms with Crippen LogP contribution in [-0.4, -0.2) is 21.0 Å². The predicted octanol–water partition coefficient (Wildman–Crippen LogP) is 2.77. The zero-order valence-electron chi connectivity index (χ0n) is 9.10. The number of halogens is 1. The van der Waals surface area contributed by atoms with Gasteiger partial charge in [0.05, 0.1) is 0 Å². The second-order valence-corrected chi connectivity index (χ2v) is 4.37. The van der Waals surface area contributed by atoms with E-state index < -0.39 is 0 Å². The van der Waals surface area contributed by atoms with E-state index in [-0.39, 0.29) is 5.28 Å². The van der Waals surface area contributed by atoms with E-state index in [0.29, 0.717) is 17.8 Å². The smallest absolute Gasteiger partial charge is 0.227 e. The third-order valence-electron chi connectivity index (χ3n) is 2.55. The van der Waals surface area contributed by atoms with Crippen LogP contribution in [0.5, 0.6) is 0 Å². The molecule has 86 valence electrons. The fourth-order valence-electron chi connectivity index (χ4n) is 1.54. The number of anilines is 1. The summed E-state index contributed by atoms with van der Waals surface area (Å²) in [7, 11) is 0. The Balaban J connectivity index is 1.95. The Bertz CT molecular complexity index is 525. The lowest BCUT2D eigenvalue weighted by molar-refractivity contribution is 1.01. The largest absolute Gasteiger partial charge is 0.351 e. The van der Waals surface area contributed by atoms with Gasteiger partial charge in [0.15, 0.2) is 5.82 Å². The molecule has 1 aromatic heterocycles. The number of rotatable bonds is 3. The van der Waals surface area contributed by atoms with Crippen molar-refractivity contribution in [2.75, 3.05) is 5.32 Å². The van der Waals surface area contributed by atoms with Gasteiger partial charge in [0.1, 0.15) is 0 Å². The summed E-state index contributed by atoms with van der Waals surface area (Å²) in [5.74, 6) is 1.17. The van der Waals surface area contributed by atoms with Crippen molar-refractivity contribution in [2.24, 2.45) is 0 Å². The molecule has 0 unspecified atom stereocenters. The Hall–Kier alpha value is -1.68. The van der Waals surface area contributed by atoms with Gasteiger partial charge in [0, 0.05) is 11.6 Å². The maximum Gasteiger partial charge on any atom is 0.227 e. The minimum absolute atomic E-state index is 0.224. The van der Waals surface area contributed by atoms with E-state index in [1.54, 1.807) is 0 Å². The van der Waals surface area contributed by atoms with E-state index in [0.717, 1.165) is 5.56 Å². The second kappa shape index (κ2) is 4.30. The van der Waals surface area contributed by atoms with Gasteiger partial charge in [0.2, 0.25) is 11.2 Å². The first-order valence-electron chi connectivity index (χ1n) is 5.55. The van der Waals surface area contributed by atoms with Crippen molar-refractivity contribution < 1.29 is 0 Å². The van der Waals surface area contributed by atoms with Crippen LogP contribution in [0.2, 0.25) is 5.28 Å². The van der Waals surface area contributed by atoms with Gasteiger partial charge in [0.25, 0.3) is 0 Å². The zero-order chi connectivity index (χ0) is 11.7. The molecule has 17 heavy (non-hydrogen) atoms. The number of benzene rings is 1. The van der Waals surface area contributed by atoms with Gasteiger partial charge in [-0.1, -0.05) is 30.3 Å². The fourth-order valence-corrected chi connectivity index (χ4v) is 1.70. The Morgan fingerprint density at radius 1 is 1.06 bits per heavy atom. The molecule has 0 saturated heterocycles. The van der Waals surface area contributed by atoms with E-state index in [1.165, 1.54) is 12.8 Å². The van der Waals surface area contributed by atoms with Crippen LogP contribution >= 0.6 is 11.6 Å². The highest BCUT2D eigenvalue weighted by Gasteiger charge is 2.22. The van der Waals surface area contributed by atoms with Gasteiger partial charge in [-0.05, 0) is 24.4 Å². The Morgan fingerprint density at radius 3 is 2.53 bits per heavy atom. The van der Waals surface area contributed by atoms with Crippen LogP contribution in [0.1, 0.15) is 12.8 Å². The summed E-state index contributed by atoms with van der Waals surface area (Å²) >= 11 is 5.90. The minimum atomic E-state index is 0.224. The molecule has 0 amide bonds. The first-order valence-corrected chi connectivity index (χ1v) is 5.92. The molecule has 0 spiro atoms. The zero-order valence-corrected chi connectivity index (χ0v) is 9.85. The van der Waals surface area contributed by atoms with Crippen LogP contribution in [0.3, 0.4) is 0 Å². The van der Waals surface area contributed by atoms with E-state index >= 15 is 0 Å². The standard InChI is InChI=1S/C12H11ClN4/c13-11-15-10(8-4-2-1-3-5-8)16-12(17-11)14-9-6-7-9/h1-5,9H,6-7H2,(H,14,15,16,17). The highest BCUT2D eigenvalue weighted by Crippen LogP contribution is 2.24. The molecule has 4 nitrogen and oxygen atoms in total. The number of hydrogen-bond donors (Lipinski definition) is 1. The first-order chi connectivity index (χ1) is 8.31. The number of nitrogens with one attached hydrogen (secondary N) is 1. The quantitative estimate of drug-likeness (QED) is 0.905. The van der Waals surface area contributed by atoms with Crippen molar-refractivity contribution >= 4 is 17.5 Å². The van der Waals surface area contributed by atoms with Crippen molar-refractivity contribution in [1.82, 2.24) is 15.0 Å². The van der Waals surface area contributed by atoms with Crippen molar-refractivity contribution in [3.05, 3.63) is 35.6 Å². The number of aromatic nitrogens is 3. The van der Waals surface area contributed by atoms with Crippen LogP contribution in [0, 0.1) is 0 Å². The van der Waals surface area contributed by atoms with E-state index in [4.69, 9.17) is 11.6 Å². The molecule has 3 rings (SSSR count). The van der Waals surface area contributed by atoms with Gasteiger partial charge in [-0.3, -0.25) is 0 Å². The van der Waals surface area contributed by atoms with E-state index in [9.17, 15) is 0 Å². The summed E-state index contributed by atoms with van der Waals surface area (Å²) in [6, 6.07) is 10.2. The van der Waals surface area contributed by atoms with E-state index in [1.807, 2.05) is 30.3 Å². The summed E-state index contributed by atoms with van der Waals surface area (Å²) in [4.78, 5) is 12.6. The molecule has 0 radical (unpaired) electrons. The molecule has 0 atom stereocenters. The number of nitrogens with zero attached hydrogens (tertiary/aromatic N) is 3. The van der Waals surface area contributed by atoms with Crippen LogP contribution in [0.4, 0.5) is 5.95 Å². The Morgan fingerprint density at radius 2 is 1.82 bits per heavy atom. The molecule has 1 aliphatic carbocycles. The summed E-state index contributed by atoms with van der Waals surface area (Å²) in [6.07, 6.45) is 2.34. The predicted molar refractivity (Wildman–Crippen MR) is 66.9 cm³/mol. The van der Waals surface area contributed by atoms with Crippen molar-refractivity contribution in [3.8, 4) is 11.4 Å². The molecular formula is C12H11ClN4. The van der Waals surface area contributed by atoms with Crippen molar-refractivity contribution in [2.45, 2.75) is 18.9 Å². The summed E-state index contributed by atoms with van der Waals surface area (Å²) in [5.41, 5.74) is 0.940. The molecule has 1 heterocycles. The molecule has 1 aromatic carbocycles. The summed E-state index contributed by atoms with van der Waals surface area (Å²) in [6.45, 7) is 0. The molecular weight excluding hydrogens is 236 g/mol. The topological polar surface area (TPSA) is 50.7 Å². The SMILES string of the molecule is Clc1nc(NC2CC2)nc(-c2ccccc2)n1. The monoisotopic (exact) mass is 246 g/mol. The molecule has 1 saturated carbocycles. The summed E-state index contributed by atoms with van der Waals surface area (Å²) < 4.78 is 0.